The van der Waals surface area contributed by atoms with E-state index in [0.29, 0.717) is 23.1 Å². The van der Waals surface area contributed by atoms with Crippen molar-refractivity contribution < 1.29 is 9.59 Å². The van der Waals surface area contributed by atoms with Gasteiger partial charge >= 0.3 is 0 Å². The molecule has 35 heavy (non-hydrogen) atoms. The fourth-order valence-corrected chi connectivity index (χ4v) is 6.03. The number of amides is 2. The fraction of sp³-hybridized carbons (Fsp3) is 0.280. The van der Waals surface area contributed by atoms with Gasteiger partial charge in [0.2, 0.25) is 22.1 Å². The Balaban J connectivity index is 1.13. The van der Waals surface area contributed by atoms with Crippen LogP contribution in [0.25, 0.3) is 0 Å². The van der Waals surface area contributed by atoms with Gasteiger partial charge in [0.15, 0.2) is 0 Å². The van der Waals surface area contributed by atoms with E-state index in [0.717, 1.165) is 40.4 Å². The number of aromatic nitrogens is 4. The van der Waals surface area contributed by atoms with Crippen LogP contribution in [-0.2, 0) is 22.4 Å². The Morgan fingerprint density at radius 2 is 1.11 bits per heavy atom. The molecule has 8 nitrogen and oxygen atoms in total. The summed E-state index contributed by atoms with van der Waals surface area (Å²) in [6.45, 7) is 0. The zero-order chi connectivity index (χ0) is 24.0. The molecule has 2 heterocycles. The molecule has 2 aromatic heterocycles. The largest absolute Gasteiger partial charge is 0.300 e. The van der Waals surface area contributed by atoms with Gasteiger partial charge in [0.05, 0.1) is 12.8 Å². The van der Waals surface area contributed by atoms with Crippen LogP contribution in [0.1, 0.15) is 52.2 Å². The van der Waals surface area contributed by atoms with Gasteiger partial charge in [0.1, 0.15) is 10.0 Å². The third-order valence-electron chi connectivity index (χ3n) is 5.92. The van der Waals surface area contributed by atoms with Crippen molar-refractivity contribution in [2.24, 2.45) is 0 Å². The van der Waals surface area contributed by atoms with Crippen molar-refractivity contribution in [1.82, 2.24) is 20.4 Å². The Hall–Kier alpha value is -3.50. The van der Waals surface area contributed by atoms with E-state index in [1.54, 1.807) is 0 Å². The predicted molar refractivity (Wildman–Crippen MR) is 137 cm³/mol. The minimum Gasteiger partial charge on any atom is -0.300 e. The SMILES string of the molecule is O=C(Cc1ccccc1)Nc1nnc([C@H]2CC[C@H](c3nnc(NC(=O)Cc4ccccc4)s3)C2)s1. The minimum atomic E-state index is -0.0982. The fourth-order valence-electron chi connectivity index (χ4n) is 4.22. The Bertz CT molecular complexity index is 1190. The lowest BCUT2D eigenvalue weighted by molar-refractivity contribution is -0.116. The summed E-state index contributed by atoms with van der Waals surface area (Å²) in [5.41, 5.74) is 1.92. The van der Waals surface area contributed by atoms with Crippen molar-refractivity contribution in [3.63, 3.8) is 0 Å². The molecule has 0 saturated heterocycles. The number of benzene rings is 2. The van der Waals surface area contributed by atoms with E-state index < -0.39 is 0 Å². The highest BCUT2D eigenvalue weighted by Gasteiger charge is 2.32. The standard InChI is InChI=1S/C25H24N6O2S2/c32-20(13-16-7-3-1-4-8-16)26-24-30-28-22(34-24)18-11-12-19(15-18)23-29-31-25(35-23)27-21(33)14-17-9-5-2-6-10-17/h1-10,18-19H,11-15H2,(H,26,30,32)(H,27,31,33)/t18-,19-/m0/s1. The molecule has 0 spiro atoms. The van der Waals surface area contributed by atoms with Gasteiger partial charge in [-0.15, -0.1) is 20.4 Å². The van der Waals surface area contributed by atoms with Crippen molar-refractivity contribution in [2.45, 2.75) is 43.9 Å². The number of rotatable bonds is 8. The molecule has 2 aromatic carbocycles. The van der Waals surface area contributed by atoms with E-state index in [9.17, 15) is 9.59 Å². The van der Waals surface area contributed by atoms with E-state index >= 15 is 0 Å². The molecule has 1 aliphatic carbocycles. The molecule has 0 bridgehead atoms. The molecule has 2 atom stereocenters. The number of nitrogens with zero attached hydrogens (tertiary/aromatic N) is 4. The van der Waals surface area contributed by atoms with Crippen LogP contribution in [0, 0.1) is 0 Å². The summed E-state index contributed by atoms with van der Waals surface area (Å²) in [6, 6.07) is 19.2. The Morgan fingerprint density at radius 3 is 1.54 bits per heavy atom. The summed E-state index contributed by atoms with van der Waals surface area (Å²) in [4.78, 5) is 24.6. The van der Waals surface area contributed by atoms with E-state index in [4.69, 9.17) is 0 Å². The molecule has 2 N–H and O–H groups in total. The zero-order valence-corrected chi connectivity index (χ0v) is 20.5. The molecular weight excluding hydrogens is 480 g/mol. The van der Waals surface area contributed by atoms with E-state index in [-0.39, 0.29) is 23.7 Å². The molecule has 4 aromatic rings. The highest BCUT2D eigenvalue weighted by Crippen LogP contribution is 2.45. The first kappa shape index (κ1) is 23.3. The van der Waals surface area contributed by atoms with Crippen molar-refractivity contribution in [1.29, 1.82) is 0 Å². The summed E-state index contributed by atoms with van der Waals surface area (Å²) in [5, 5.41) is 25.7. The number of anilines is 2. The quantitative estimate of drug-likeness (QED) is 0.357. The maximum absolute atomic E-state index is 12.3. The maximum atomic E-state index is 12.3. The van der Waals surface area contributed by atoms with Crippen molar-refractivity contribution in [2.75, 3.05) is 10.6 Å². The molecular formula is C25H24N6O2S2. The van der Waals surface area contributed by atoms with Crippen LogP contribution in [0.4, 0.5) is 10.3 Å². The lowest BCUT2D eigenvalue weighted by Gasteiger charge is -2.05. The number of hydrogen-bond donors (Lipinski definition) is 2. The number of carbonyl (C=O) groups excluding carboxylic acids is 2. The molecule has 5 rings (SSSR count). The highest BCUT2D eigenvalue weighted by molar-refractivity contribution is 7.15. The Kier molecular flexibility index (Phi) is 7.20. The molecule has 1 fully saturated rings. The molecule has 10 heteroatoms. The van der Waals surface area contributed by atoms with Crippen LogP contribution in [0.2, 0.25) is 0 Å². The van der Waals surface area contributed by atoms with Crippen LogP contribution < -0.4 is 10.6 Å². The summed E-state index contributed by atoms with van der Waals surface area (Å²) < 4.78 is 0. The van der Waals surface area contributed by atoms with Crippen LogP contribution >= 0.6 is 22.7 Å². The van der Waals surface area contributed by atoms with Gasteiger partial charge in [0.25, 0.3) is 0 Å². The average Bonchev–Trinajstić information content (AvgIpc) is 3.61. The summed E-state index contributed by atoms with van der Waals surface area (Å²) in [6.07, 6.45) is 3.48. The van der Waals surface area contributed by atoms with Crippen LogP contribution in [0.5, 0.6) is 0 Å². The third-order valence-corrected chi connectivity index (χ3v) is 7.92. The smallest absolute Gasteiger partial charge is 0.230 e. The molecule has 0 unspecified atom stereocenters. The van der Waals surface area contributed by atoms with Gasteiger partial charge < -0.3 is 10.6 Å². The van der Waals surface area contributed by atoms with Gasteiger partial charge in [-0.3, -0.25) is 9.59 Å². The Morgan fingerprint density at radius 1 is 0.686 bits per heavy atom. The van der Waals surface area contributed by atoms with Gasteiger partial charge in [-0.2, -0.15) is 0 Å². The van der Waals surface area contributed by atoms with Crippen LogP contribution in [0.15, 0.2) is 60.7 Å². The lowest BCUT2D eigenvalue weighted by atomic mass is 10.1. The van der Waals surface area contributed by atoms with E-state index in [1.807, 2.05) is 60.7 Å². The molecule has 1 saturated carbocycles. The number of nitrogens with one attached hydrogen (secondary N) is 2. The predicted octanol–water partition coefficient (Wildman–Crippen LogP) is 4.80. The minimum absolute atomic E-state index is 0.0982. The molecule has 1 aliphatic rings. The second kappa shape index (κ2) is 10.8. The second-order valence-electron chi connectivity index (χ2n) is 8.52. The topological polar surface area (TPSA) is 110 Å². The third kappa shape index (κ3) is 6.14. The Labute approximate surface area is 210 Å². The van der Waals surface area contributed by atoms with E-state index in [2.05, 4.69) is 31.0 Å². The van der Waals surface area contributed by atoms with Crippen LogP contribution in [-0.4, -0.2) is 32.2 Å². The maximum Gasteiger partial charge on any atom is 0.230 e. The summed E-state index contributed by atoms with van der Waals surface area (Å²) >= 11 is 2.87. The van der Waals surface area contributed by atoms with Gasteiger partial charge in [-0.25, -0.2) is 0 Å². The monoisotopic (exact) mass is 504 g/mol. The average molecular weight is 505 g/mol. The second-order valence-corrected chi connectivity index (χ2v) is 10.5. The molecule has 0 radical (unpaired) electrons. The van der Waals surface area contributed by atoms with Crippen molar-refractivity contribution in [3.8, 4) is 0 Å². The first-order valence-corrected chi connectivity index (χ1v) is 13.1. The summed E-state index contributed by atoms with van der Waals surface area (Å²) in [5.74, 6) is 0.354. The number of hydrogen-bond acceptors (Lipinski definition) is 8. The number of carbonyl (C=O) groups is 2. The van der Waals surface area contributed by atoms with Crippen LogP contribution in [0.3, 0.4) is 0 Å². The highest BCUT2D eigenvalue weighted by atomic mass is 32.1. The first-order chi connectivity index (χ1) is 17.1. The normalized spacial score (nSPS) is 17.3. The molecule has 178 valence electrons. The molecule has 0 aliphatic heterocycles. The lowest BCUT2D eigenvalue weighted by Crippen LogP contribution is -2.14. The van der Waals surface area contributed by atoms with Gasteiger partial charge in [0, 0.05) is 11.8 Å². The van der Waals surface area contributed by atoms with E-state index in [1.165, 1.54) is 22.7 Å². The molecule has 2 amide bonds. The zero-order valence-electron chi connectivity index (χ0n) is 18.9. The van der Waals surface area contributed by atoms with Crippen molar-refractivity contribution in [3.05, 3.63) is 81.8 Å². The van der Waals surface area contributed by atoms with Crippen molar-refractivity contribution >= 4 is 44.8 Å². The first-order valence-electron chi connectivity index (χ1n) is 11.5. The summed E-state index contributed by atoms with van der Waals surface area (Å²) in [7, 11) is 0. The van der Waals surface area contributed by atoms with Gasteiger partial charge in [-0.1, -0.05) is 83.3 Å². The van der Waals surface area contributed by atoms with Gasteiger partial charge in [-0.05, 0) is 30.4 Å².